The van der Waals surface area contributed by atoms with Gasteiger partial charge in [-0.3, -0.25) is 4.79 Å². The molecule has 2 heterocycles. The Labute approximate surface area is 111 Å². The van der Waals surface area contributed by atoms with E-state index < -0.39 is 17.9 Å². The van der Waals surface area contributed by atoms with Crippen LogP contribution in [0.4, 0.5) is 4.79 Å². The smallest absolute Gasteiger partial charge is 0.315 e. The second-order valence-electron chi connectivity index (χ2n) is 5.36. The van der Waals surface area contributed by atoms with Crippen molar-refractivity contribution in [3.63, 3.8) is 0 Å². The first-order chi connectivity index (χ1) is 9.00. The summed E-state index contributed by atoms with van der Waals surface area (Å²) in [5, 5.41) is 14.6. The quantitative estimate of drug-likeness (QED) is 0.669. The molecule has 0 aromatic carbocycles. The molecule has 7 heteroatoms. The molecule has 2 aliphatic rings. The Morgan fingerprint density at radius 2 is 1.89 bits per heavy atom. The normalized spacial score (nSPS) is 29.7. The van der Waals surface area contributed by atoms with Crippen molar-refractivity contribution >= 4 is 12.0 Å². The second kappa shape index (κ2) is 5.75. The average molecular weight is 272 g/mol. The van der Waals surface area contributed by atoms with Crippen molar-refractivity contribution in [1.82, 2.24) is 10.6 Å². The highest BCUT2D eigenvalue weighted by molar-refractivity contribution is 5.77. The molecule has 0 saturated carbocycles. The van der Waals surface area contributed by atoms with Crippen LogP contribution in [0.25, 0.3) is 0 Å². The lowest BCUT2D eigenvalue weighted by Gasteiger charge is -2.34. The third-order valence-electron chi connectivity index (χ3n) is 3.73. The highest BCUT2D eigenvalue weighted by Crippen LogP contribution is 2.20. The fraction of sp³-hybridized carbons (Fsp3) is 0.833. The van der Waals surface area contributed by atoms with Gasteiger partial charge in [-0.15, -0.1) is 0 Å². The predicted molar refractivity (Wildman–Crippen MR) is 65.9 cm³/mol. The van der Waals surface area contributed by atoms with E-state index in [2.05, 4.69) is 10.6 Å². The van der Waals surface area contributed by atoms with E-state index in [-0.39, 0.29) is 24.8 Å². The van der Waals surface area contributed by atoms with E-state index in [1.165, 1.54) is 0 Å². The van der Waals surface area contributed by atoms with E-state index in [0.29, 0.717) is 13.2 Å². The lowest BCUT2D eigenvalue weighted by Crippen LogP contribution is -2.56. The number of carbonyl (C=O) groups is 2. The zero-order valence-corrected chi connectivity index (χ0v) is 11.0. The predicted octanol–water partition coefficient (Wildman–Crippen LogP) is -0.0457. The van der Waals surface area contributed by atoms with E-state index in [9.17, 15) is 9.59 Å². The molecule has 0 aliphatic carbocycles. The zero-order valence-electron chi connectivity index (χ0n) is 11.0. The van der Waals surface area contributed by atoms with Crippen LogP contribution in [-0.4, -0.2) is 55.1 Å². The Morgan fingerprint density at radius 3 is 2.53 bits per heavy atom. The van der Waals surface area contributed by atoms with E-state index in [4.69, 9.17) is 14.6 Å². The number of hydrogen-bond acceptors (Lipinski definition) is 4. The van der Waals surface area contributed by atoms with Crippen molar-refractivity contribution < 1.29 is 24.2 Å². The standard InChI is InChI=1S/C12H20N2O5/c1-12(2-4-18-5-3-12)14-11(17)13-9-7-19-6-8(9)10(15)16/h8-9H,2-7H2,1H3,(H,15,16)(H2,13,14,17). The SMILES string of the molecule is CC1(NC(=O)NC2COCC2C(=O)O)CCOCC1. The number of carboxylic acid groups (broad SMARTS) is 1. The van der Waals surface area contributed by atoms with E-state index in [1.807, 2.05) is 6.92 Å². The van der Waals surface area contributed by atoms with Crippen molar-refractivity contribution in [2.45, 2.75) is 31.3 Å². The van der Waals surface area contributed by atoms with Crippen molar-refractivity contribution in [3.05, 3.63) is 0 Å². The van der Waals surface area contributed by atoms with E-state index in [0.717, 1.165) is 12.8 Å². The molecule has 0 aromatic heterocycles. The molecule has 2 atom stereocenters. The molecule has 2 aliphatic heterocycles. The first-order valence-corrected chi connectivity index (χ1v) is 6.47. The van der Waals surface area contributed by atoms with Crippen LogP contribution < -0.4 is 10.6 Å². The Morgan fingerprint density at radius 1 is 1.21 bits per heavy atom. The summed E-state index contributed by atoms with van der Waals surface area (Å²) in [5.41, 5.74) is -0.291. The number of nitrogens with one attached hydrogen (secondary N) is 2. The van der Waals surface area contributed by atoms with Crippen LogP contribution in [0, 0.1) is 5.92 Å². The van der Waals surface area contributed by atoms with Crippen molar-refractivity contribution in [2.24, 2.45) is 5.92 Å². The van der Waals surface area contributed by atoms with E-state index in [1.54, 1.807) is 0 Å². The highest BCUT2D eigenvalue weighted by atomic mass is 16.5. The van der Waals surface area contributed by atoms with Gasteiger partial charge in [0.25, 0.3) is 0 Å². The molecule has 108 valence electrons. The molecule has 2 fully saturated rings. The van der Waals surface area contributed by atoms with E-state index >= 15 is 0 Å². The summed E-state index contributed by atoms with van der Waals surface area (Å²) < 4.78 is 10.4. The maximum absolute atomic E-state index is 11.9. The number of carboxylic acids is 1. The van der Waals surface area contributed by atoms with Gasteiger partial charge in [-0.2, -0.15) is 0 Å². The number of hydrogen-bond donors (Lipinski definition) is 3. The molecule has 2 rings (SSSR count). The van der Waals surface area contributed by atoms with Gasteiger partial charge in [0.05, 0.1) is 19.3 Å². The van der Waals surface area contributed by atoms with Crippen LogP contribution in [0.1, 0.15) is 19.8 Å². The van der Waals surface area contributed by atoms with Crippen LogP contribution >= 0.6 is 0 Å². The molecule has 7 nitrogen and oxygen atoms in total. The van der Waals surface area contributed by atoms with Gasteiger partial charge < -0.3 is 25.2 Å². The monoisotopic (exact) mass is 272 g/mol. The third kappa shape index (κ3) is 3.57. The average Bonchev–Trinajstić information content (AvgIpc) is 2.77. The van der Waals surface area contributed by atoms with Crippen molar-refractivity contribution in [2.75, 3.05) is 26.4 Å². The maximum Gasteiger partial charge on any atom is 0.315 e. The summed E-state index contributed by atoms with van der Waals surface area (Å²) in [7, 11) is 0. The lowest BCUT2D eigenvalue weighted by atomic mass is 9.93. The first-order valence-electron chi connectivity index (χ1n) is 6.47. The Kier molecular flexibility index (Phi) is 4.26. The van der Waals surface area contributed by atoms with Crippen LogP contribution in [0.5, 0.6) is 0 Å². The molecular weight excluding hydrogens is 252 g/mol. The van der Waals surface area contributed by atoms with Crippen molar-refractivity contribution in [1.29, 1.82) is 0 Å². The molecule has 19 heavy (non-hydrogen) atoms. The van der Waals surface area contributed by atoms with Gasteiger partial charge in [-0.25, -0.2) is 4.79 Å². The molecule has 0 radical (unpaired) electrons. The Bertz CT molecular complexity index is 354. The Balaban J connectivity index is 1.85. The van der Waals surface area contributed by atoms with Crippen LogP contribution in [0.2, 0.25) is 0 Å². The molecule has 2 saturated heterocycles. The number of ether oxygens (including phenoxy) is 2. The van der Waals surface area contributed by atoms with Crippen LogP contribution in [-0.2, 0) is 14.3 Å². The van der Waals surface area contributed by atoms with Gasteiger partial charge >= 0.3 is 12.0 Å². The third-order valence-corrected chi connectivity index (χ3v) is 3.73. The maximum atomic E-state index is 11.9. The molecule has 2 amide bonds. The van der Waals surface area contributed by atoms with Crippen molar-refractivity contribution in [3.8, 4) is 0 Å². The molecular formula is C12H20N2O5. The molecule has 0 bridgehead atoms. The summed E-state index contributed by atoms with van der Waals surface area (Å²) in [6, 6.07) is -0.813. The largest absolute Gasteiger partial charge is 0.481 e. The summed E-state index contributed by atoms with van der Waals surface area (Å²) in [4.78, 5) is 22.9. The number of amides is 2. The van der Waals surface area contributed by atoms with Gasteiger partial charge in [0.15, 0.2) is 0 Å². The summed E-state index contributed by atoms with van der Waals surface area (Å²) in [5.74, 6) is -1.62. The van der Waals surface area contributed by atoms with Gasteiger partial charge in [-0.05, 0) is 19.8 Å². The summed E-state index contributed by atoms with van der Waals surface area (Å²) in [6.45, 7) is 3.60. The topological polar surface area (TPSA) is 96.9 Å². The highest BCUT2D eigenvalue weighted by Gasteiger charge is 2.36. The van der Waals surface area contributed by atoms with Gasteiger partial charge in [-0.1, -0.05) is 0 Å². The molecule has 0 spiro atoms. The Hall–Kier alpha value is -1.34. The summed E-state index contributed by atoms with van der Waals surface area (Å²) in [6.07, 6.45) is 1.51. The minimum atomic E-state index is -0.944. The van der Waals surface area contributed by atoms with Crippen LogP contribution in [0.15, 0.2) is 0 Å². The minimum Gasteiger partial charge on any atom is -0.481 e. The first kappa shape index (κ1) is 14.1. The number of urea groups is 1. The van der Waals surface area contributed by atoms with Gasteiger partial charge in [0.1, 0.15) is 5.92 Å². The fourth-order valence-corrected chi connectivity index (χ4v) is 2.37. The number of rotatable bonds is 3. The molecule has 0 aromatic rings. The summed E-state index contributed by atoms with van der Waals surface area (Å²) >= 11 is 0. The molecule has 2 unspecified atom stereocenters. The fourth-order valence-electron chi connectivity index (χ4n) is 2.37. The zero-order chi connectivity index (χ0) is 13.9. The number of aliphatic carboxylic acids is 1. The van der Waals surface area contributed by atoms with Crippen LogP contribution in [0.3, 0.4) is 0 Å². The van der Waals surface area contributed by atoms with Gasteiger partial charge in [0, 0.05) is 18.8 Å². The molecule has 3 N–H and O–H groups in total. The minimum absolute atomic E-state index is 0.144. The number of carbonyl (C=O) groups excluding carboxylic acids is 1. The second-order valence-corrected chi connectivity index (χ2v) is 5.36. The lowest BCUT2D eigenvalue weighted by molar-refractivity contribution is -0.142. The van der Waals surface area contributed by atoms with Gasteiger partial charge in [0.2, 0.25) is 0 Å².